The van der Waals surface area contributed by atoms with E-state index in [0.29, 0.717) is 0 Å². The van der Waals surface area contributed by atoms with Gasteiger partial charge < -0.3 is 20.1 Å². The van der Waals surface area contributed by atoms with Crippen molar-refractivity contribution in [1.82, 2.24) is 21.3 Å². The quantitative estimate of drug-likeness (QED) is 0.451. The Morgan fingerprint density at radius 3 is 1.76 bits per heavy atom. The lowest BCUT2D eigenvalue weighted by Gasteiger charge is -2.23. The predicted molar refractivity (Wildman–Crippen MR) is 101 cm³/mol. The van der Waals surface area contributed by atoms with Crippen LogP contribution in [0.1, 0.15) is 25.6 Å². The molecule has 0 bridgehead atoms. The summed E-state index contributed by atoms with van der Waals surface area (Å²) in [5.74, 6) is 0. The van der Waals surface area contributed by atoms with Crippen molar-refractivity contribution >= 4 is 46.8 Å². The molecule has 1 aromatic rings. The van der Waals surface area contributed by atoms with Gasteiger partial charge in [-0.2, -0.15) is 0 Å². The minimum absolute atomic E-state index is 0.0405. The van der Waals surface area contributed by atoms with E-state index in [1.165, 1.54) is 0 Å². The molecule has 0 radical (unpaired) electrons. The van der Waals surface area contributed by atoms with Crippen LogP contribution in [0, 0.1) is 0 Å². The lowest BCUT2D eigenvalue weighted by Crippen LogP contribution is -2.50. The molecule has 1 aromatic carbocycles. The van der Waals surface area contributed by atoms with Crippen molar-refractivity contribution < 1.29 is 19.1 Å². The fourth-order valence-electron chi connectivity index (χ4n) is 1.70. The molecule has 10 heteroatoms. The van der Waals surface area contributed by atoms with E-state index in [9.17, 15) is 9.59 Å². The van der Waals surface area contributed by atoms with Gasteiger partial charge in [-0.25, -0.2) is 9.59 Å². The molecule has 8 nitrogen and oxygen atoms in total. The number of carbonyl (C=O) groups is 2. The third-order valence-corrected chi connectivity index (χ3v) is 3.11. The van der Waals surface area contributed by atoms with Crippen molar-refractivity contribution in [2.75, 3.05) is 13.2 Å². The average Bonchev–Trinajstić information content (AvgIpc) is 2.55. The van der Waals surface area contributed by atoms with Crippen LogP contribution in [0.5, 0.6) is 0 Å². The third kappa shape index (κ3) is 8.27. The first-order valence-electron chi connectivity index (χ1n) is 7.49. The van der Waals surface area contributed by atoms with Gasteiger partial charge in [-0.05, 0) is 43.8 Å². The summed E-state index contributed by atoms with van der Waals surface area (Å²) in [6.45, 7) is 3.82. The number of nitrogens with one attached hydrogen (secondary N) is 4. The van der Waals surface area contributed by atoms with Crippen LogP contribution in [0.3, 0.4) is 0 Å². The average molecular weight is 384 g/mol. The molecule has 0 aliphatic carbocycles. The minimum Gasteiger partial charge on any atom is -0.450 e. The van der Waals surface area contributed by atoms with E-state index in [1.54, 1.807) is 13.8 Å². The molecule has 136 valence electrons. The molecular weight excluding hydrogens is 364 g/mol. The predicted octanol–water partition coefficient (Wildman–Crippen LogP) is 1.93. The molecule has 1 rings (SSSR count). The maximum absolute atomic E-state index is 11.4. The summed E-state index contributed by atoms with van der Waals surface area (Å²) < 4.78 is 9.53. The largest absolute Gasteiger partial charge is 0.450 e. The molecule has 0 heterocycles. The SMILES string of the molecule is CCOC(=O)NC(=S)NC(NC(=S)NC(=O)OCC)c1ccccc1. The summed E-state index contributed by atoms with van der Waals surface area (Å²) in [4.78, 5) is 22.9. The standard InChI is InChI=1S/C15H20N4O4S2/c1-3-22-14(20)18-12(24)16-11(10-8-6-5-7-9-10)17-13(25)19-15(21)23-4-2/h5-9,11H,3-4H2,1-2H3,(H2,16,18,20,24)(H2,17,19,21,25). The second-order valence-electron chi connectivity index (χ2n) is 4.48. The van der Waals surface area contributed by atoms with Gasteiger partial charge in [0.05, 0.1) is 13.2 Å². The number of rotatable bonds is 5. The second-order valence-corrected chi connectivity index (χ2v) is 5.30. The lowest BCUT2D eigenvalue weighted by molar-refractivity contribution is 0.157. The van der Waals surface area contributed by atoms with Crippen LogP contribution in [0.15, 0.2) is 30.3 Å². The highest BCUT2D eigenvalue weighted by Crippen LogP contribution is 2.09. The van der Waals surface area contributed by atoms with E-state index in [2.05, 4.69) is 21.3 Å². The van der Waals surface area contributed by atoms with Crippen LogP contribution >= 0.6 is 24.4 Å². The van der Waals surface area contributed by atoms with Crippen molar-refractivity contribution in [2.45, 2.75) is 20.0 Å². The minimum atomic E-state index is -0.668. The van der Waals surface area contributed by atoms with Gasteiger partial charge in [-0.15, -0.1) is 0 Å². The molecule has 2 amide bonds. The summed E-state index contributed by atoms with van der Waals surface area (Å²) in [5, 5.41) is 10.6. The Morgan fingerprint density at radius 1 is 0.920 bits per heavy atom. The number of benzene rings is 1. The summed E-state index contributed by atoms with van der Waals surface area (Å²) in [5.41, 5.74) is 0.781. The van der Waals surface area contributed by atoms with Crippen molar-refractivity contribution in [3.05, 3.63) is 35.9 Å². The first-order chi connectivity index (χ1) is 12.0. The number of hydrogen-bond acceptors (Lipinski definition) is 6. The number of ether oxygens (including phenoxy) is 2. The number of hydrogen-bond donors (Lipinski definition) is 4. The molecule has 0 unspecified atom stereocenters. The van der Waals surface area contributed by atoms with Gasteiger partial charge in [0, 0.05) is 0 Å². The smallest absolute Gasteiger partial charge is 0.413 e. The first-order valence-corrected chi connectivity index (χ1v) is 8.31. The normalized spacial score (nSPS) is 9.72. The Balaban J connectivity index is 2.74. The van der Waals surface area contributed by atoms with Gasteiger partial charge in [0.2, 0.25) is 0 Å². The maximum Gasteiger partial charge on any atom is 0.413 e. The zero-order valence-corrected chi connectivity index (χ0v) is 15.5. The Hall–Kier alpha value is -2.46. The monoisotopic (exact) mass is 384 g/mol. The molecule has 0 fully saturated rings. The molecule has 4 N–H and O–H groups in total. The molecule has 0 aromatic heterocycles. The zero-order valence-electron chi connectivity index (χ0n) is 13.8. The van der Waals surface area contributed by atoms with Crippen molar-refractivity contribution in [1.29, 1.82) is 0 Å². The Bertz CT molecular complexity index is 579. The topological polar surface area (TPSA) is 101 Å². The molecule has 25 heavy (non-hydrogen) atoms. The zero-order chi connectivity index (χ0) is 18.7. The molecule has 0 saturated carbocycles. The number of thiocarbonyl (C=S) groups is 2. The maximum atomic E-state index is 11.4. The lowest BCUT2D eigenvalue weighted by atomic mass is 10.2. The fraction of sp³-hybridized carbons (Fsp3) is 0.333. The Morgan fingerprint density at radius 2 is 1.36 bits per heavy atom. The van der Waals surface area contributed by atoms with Crippen LogP contribution < -0.4 is 21.3 Å². The Labute approximate surface area is 156 Å². The molecule has 0 aliphatic heterocycles. The van der Waals surface area contributed by atoms with Crippen molar-refractivity contribution in [2.24, 2.45) is 0 Å². The van der Waals surface area contributed by atoms with Crippen LogP contribution in [-0.2, 0) is 9.47 Å². The number of carbonyl (C=O) groups excluding carboxylic acids is 2. The summed E-state index contributed by atoms with van der Waals surface area (Å²) in [6.07, 6.45) is -1.93. The molecular formula is C15H20N4O4S2. The van der Waals surface area contributed by atoms with Gasteiger partial charge in [0.1, 0.15) is 6.17 Å². The Kier molecular flexibility index (Phi) is 9.19. The fourth-order valence-corrected chi connectivity index (χ4v) is 2.10. The van der Waals surface area contributed by atoms with Gasteiger partial charge >= 0.3 is 12.2 Å². The van der Waals surface area contributed by atoms with E-state index >= 15 is 0 Å². The van der Waals surface area contributed by atoms with E-state index in [0.717, 1.165) is 5.56 Å². The number of amides is 2. The van der Waals surface area contributed by atoms with Gasteiger partial charge in [0.25, 0.3) is 0 Å². The molecule has 0 aliphatic rings. The highest BCUT2D eigenvalue weighted by molar-refractivity contribution is 7.80. The summed E-state index contributed by atoms with van der Waals surface area (Å²) in [6, 6.07) is 9.16. The molecule has 0 saturated heterocycles. The van der Waals surface area contributed by atoms with Gasteiger partial charge in [-0.1, -0.05) is 30.3 Å². The van der Waals surface area contributed by atoms with Crippen LogP contribution in [-0.4, -0.2) is 35.6 Å². The van der Waals surface area contributed by atoms with Crippen LogP contribution in [0.25, 0.3) is 0 Å². The highest BCUT2D eigenvalue weighted by atomic mass is 32.1. The van der Waals surface area contributed by atoms with E-state index in [1.807, 2.05) is 30.3 Å². The highest BCUT2D eigenvalue weighted by Gasteiger charge is 2.16. The number of alkyl carbamates (subject to hydrolysis) is 2. The summed E-state index contributed by atoms with van der Waals surface area (Å²) in [7, 11) is 0. The molecule has 0 spiro atoms. The van der Waals surface area contributed by atoms with E-state index in [4.69, 9.17) is 33.9 Å². The van der Waals surface area contributed by atoms with Gasteiger partial charge in [-0.3, -0.25) is 10.6 Å². The third-order valence-electron chi connectivity index (χ3n) is 2.67. The van der Waals surface area contributed by atoms with Gasteiger partial charge in [0.15, 0.2) is 10.2 Å². The molecule has 0 atom stereocenters. The van der Waals surface area contributed by atoms with Crippen LogP contribution in [0.4, 0.5) is 9.59 Å². The second kappa shape index (κ2) is 11.2. The first kappa shape index (κ1) is 20.6. The van der Waals surface area contributed by atoms with Crippen LogP contribution in [0.2, 0.25) is 0 Å². The van der Waals surface area contributed by atoms with Crippen molar-refractivity contribution in [3.8, 4) is 0 Å². The van der Waals surface area contributed by atoms with Crippen molar-refractivity contribution in [3.63, 3.8) is 0 Å². The van der Waals surface area contributed by atoms with E-state index < -0.39 is 18.4 Å². The van der Waals surface area contributed by atoms with E-state index in [-0.39, 0.29) is 23.4 Å². The summed E-state index contributed by atoms with van der Waals surface area (Å²) >= 11 is 10.2.